The molecule has 4 nitrogen and oxygen atoms in total. The molecule has 4 heteroatoms. The Bertz CT molecular complexity index is 4140. The van der Waals surface area contributed by atoms with Gasteiger partial charge in [0.2, 0.25) is 0 Å². The second-order valence-corrected chi connectivity index (χ2v) is 18.4. The summed E-state index contributed by atoms with van der Waals surface area (Å²) in [6, 6.07) is 78.8. The standard InChI is InChI=1S/C63H42N2O2/c1-63(2)52-37-40-35-43(64(41-17-5-3-6-18-41)53-25-15-29-57-60(53)48-23-11-13-27-55(48)66-57)32-31-39(40)36-51(52)59-46-22-10-9-21-45(46)50-38-44(33-34-47(50)62(59)63)65(42-19-7-4-8-20-42)54-26-16-30-58-61(54)49-24-12-14-28-56(49)67-58/h3-38H,1-2H3. The number of hydrogen-bond acceptors (Lipinski definition) is 4. The van der Waals surface area contributed by atoms with E-state index < -0.39 is 0 Å². The molecule has 0 saturated carbocycles. The molecule has 0 radical (unpaired) electrons. The lowest BCUT2D eigenvalue weighted by molar-refractivity contribution is 0.667. The first-order chi connectivity index (χ1) is 33.0. The predicted octanol–water partition coefficient (Wildman–Crippen LogP) is 18.2. The van der Waals surface area contributed by atoms with E-state index in [-0.39, 0.29) is 5.41 Å². The Hall–Kier alpha value is -8.60. The number of rotatable bonds is 6. The maximum absolute atomic E-state index is 6.43. The fourth-order valence-corrected chi connectivity index (χ4v) is 11.4. The van der Waals surface area contributed by atoms with Gasteiger partial charge in [-0.3, -0.25) is 0 Å². The van der Waals surface area contributed by atoms with Crippen LogP contribution in [0.2, 0.25) is 0 Å². The van der Waals surface area contributed by atoms with Crippen molar-refractivity contribution in [2.45, 2.75) is 19.3 Å². The van der Waals surface area contributed by atoms with Gasteiger partial charge in [-0.2, -0.15) is 0 Å². The fraction of sp³-hybridized carbons (Fsp3) is 0.0476. The maximum atomic E-state index is 6.43. The number of para-hydroxylation sites is 4. The molecule has 316 valence electrons. The second-order valence-electron chi connectivity index (χ2n) is 18.4. The van der Waals surface area contributed by atoms with Gasteiger partial charge in [-0.25, -0.2) is 0 Å². The van der Waals surface area contributed by atoms with E-state index in [1.54, 1.807) is 0 Å². The Labute approximate surface area is 387 Å². The van der Waals surface area contributed by atoms with E-state index >= 15 is 0 Å². The summed E-state index contributed by atoms with van der Waals surface area (Å²) in [7, 11) is 0. The van der Waals surface area contributed by atoms with Crippen LogP contribution in [-0.2, 0) is 5.41 Å². The van der Waals surface area contributed by atoms with Gasteiger partial charge in [0, 0.05) is 38.9 Å². The molecule has 0 N–H and O–H groups in total. The Kier molecular flexibility index (Phi) is 8.00. The van der Waals surface area contributed by atoms with Gasteiger partial charge < -0.3 is 18.6 Å². The summed E-state index contributed by atoms with van der Waals surface area (Å²) in [5, 5.41) is 11.9. The molecule has 1 aliphatic carbocycles. The highest BCUT2D eigenvalue weighted by atomic mass is 16.3. The molecule has 0 unspecified atom stereocenters. The molecule has 2 heterocycles. The highest BCUT2D eigenvalue weighted by molar-refractivity contribution is 6.21. The zero-order valence-electron chi connectivity index (χ0n) is 37.0. The van der Waals surface area contributed by atoms with Crippen molar-refractivity contribution in [2.24, 2.45) is 0 Å². The molecule has 0 atom stereocenters. The third kappa shape index (κ3) is 5.54. The van der Waals surface area contributed by atoms with Crippen molar-refractivity contribution in [1.82, 2.24) is 0 Å². The van der Waals surface area contributed by atoms with E-state index in [1.165, 1.54) is 54.6 Å². The van der Waals surface area contributed by atoms with E-state index in [0.29, 0.717) is 0 Å². The molecule has 13 aromatic rings. The quantitative estimate of drug-likeness (QED) is 0.156. The predicted molar refractivity (Wildman–Crippen MR) is 280 cm³/mol. The van der Waals surface area contributed by atoms with Crippen LogP contribution in [0, 0.1) is 0 Å². The van der Waals surface area contributed by atoms with E-state index in [2.05, 4.69) is 230 Å². The Morgan fingerprint density at radius 2 is 0.851 bits per heavy atom. The molecule has 0 bridgehead atoms. The normalized spacial score (nSPS) is 13.0. The van der Waals surface area contributed by atoms with Gasteiger partial charge in [0.05, 0.1) is 22.1 Å². The molecule has 0 fully saturated rings. The molecule has 14 rings (SSSR count). The Morgan fingerprint density at radius 3 is 1.46 bits per heavy atom. The molecular weight excluding hydrogens is 817 g/mol. The lowest BCUT2D eigenvalue weighted by atomic mass is 9.79. The van der Waals surface area contributed by atoms with Crippen molar-refractivity contribution in [3.05, 3.63) is 230 Å². The number of furan rings is 2. The van der Waals surface area contributed by atoms with E-state index in [0.717, 1.165) is 78.0 Å². The first-order valence-electron chi connectivity index (χ1n) is 23.1. The highest BCUT2D eigenvalue weighted by Gasteiger charge is 2.39. The van der Waals surface area contributed by atoms with Crippen molar-refractivity contribution < 1.29 is 8.83 Å². The van der Waals surface area contributed by atoms with Gasteiger partial charge in [0.1, 0.15) is 22.3 Å². The zero-order valence-corrected chi connectivity index (χ0v) is 37.0. The van der Waals surface area contributed by atoms with E-state index in [9.17, 15) is 0 Å². The van der Waals surface area contributed by atoms with Crippen LogP contribution >= 0.6 is 0 Å². The van der Waals surface area contributed by atoms with Crippen molar-refractivity contribution >= 4 is 110 Å². The monoisotopic (exact) mass is 858 g/mol. The summed E-state index contributed by atoms with van der Waals surface area (Å²) in [6.07, 6.45) is 0. The average molecular weight is 859 g/mol. The fourth-order valence-electron chi connectivity index (χ4n) is 11.4. The van der Waals surface area contributed by atoms with Gasteiger partial charge in [-0.15, -0.1) is 0 Å². The molecule has 2 aromatic heterocycles. The van der Waals surface area contributed by atoms with Crippen LogP contribution in [0.15, 0.2) is 227 Å². The largest absolute Gasteiger partial charge is 0.456 e. The average Bonchev–Trinajstić information content (AvgIpc) is 4.02. The van der Waals surface area contributed by atoms with E-state index in [1.807, 2.05) is 12.1 Å². The molecule has 0 saturated heterocycles. The Balaban J connectivity index is 0.957. The highest BCUT2D eigenvalue weighted by Crippen LogP contribution is 2.56. The van der Waals surface area contributed by atoms with Crippen LogP contribution in [-0.4, -0.2) is 0 Å². The number of fused-ring (bicyclic) bond motifs is 15. The molecule has 0 aliphatic heterocycles. The minimum absolute atomic E-state index is 0.292. The topological polar surface area (TPSA) is 32.8 Å². The summed E-state index contributed by atoms with van der Waals surface area (Å²) in [5.41, 5.74) is 15.1. The molecular formula is C63H42N2O2. The summed E-state index contributed by atoms with van der Waals surface area (Å²) in [4.78, 5) is 4.77. The minimum atomic E-state index is -0.292. The van der Waals surface area contributed by atoms with Crippen molar-refractivity contribution in [3.63, 3.8) is 0 Å². The summed E-state index contributed by atoms with van der Waals surface area (Å²) >= 11 is 0. The molecule has 1 aliphatic rings. The number of benzene rings is 11. The third-order valence-electron chi connectivity index (χ3n) is 14.3. The smallest absolute Gasteiger partial charge is 0.137 e. The number of hydrogen-bond donors (Lipinski definition) is 0. The van der Waals surface area contributed by atoms with Gasteiger partial charge >= 0.3 is 0 Å². The first kappa shape index (κ1) is 37.7. The van der Waals surface area contributed by atoms with Crippen LogP contribution in [0.3, 0.4) is 0 Å². The summed E-state index contributed by atoms with van der Waals surface area (Å²) in [6.45, 7) is 4.83. The molecule has 0 amide bonds. The van der Waals surface area contributed by atoms with Crippen LogP contribution in [0.5, 0.6) is 0 Å². The second kappa shape index (κ2) is 14.2. The number of anilines is 6. The SMILES string of the molecule is CC1(C)c2cc3cc(N(c4ccccc4)c4cccc5oc6ccccc6c45)ccc3cc2-c2c1c1ccc(N(c3ccccc3)c3cccc4oc5ccccc5c34)cc1c1ccccc21. The Morgan fingerprint density at radius 1 is 0.343 bits per heavy atom. The van der Waals surface area contributed by atoms with Gasteiger partial charge in [0.25, 0.3) is 0 Å². The van der Waals surface area contributed by atoms with Crippen molar-refractivity contribution in [3.8, 4) is 11.1 Å². The molecule has 67 heavy (non-hydrogen) atoms. The van der Waals surface area contributed by atoms with E-state index in [4.69, 9.17) is 8.83 Å². The molecule has 0 spiro atoms. The van der Waals surface area contributed by atoms with Crippen LogP contribution < -0.4 is 9.80 Å². The van der Waals surface area contributed by atoms with Crippen LogP contribution in [0.4, 0.5) is 34.1 Å². The van der Waals surface area contributed by atoms with Crippen molar-refractivity contribution in [1.29, 1.82) is 0 Å². The summed E-state index contributed by atoms with van der Waals surface area (Å²) in [5.74, 6) is 0. The number of nitrogens with zero attached hydrogens (tertiary/aromatic N) is 2. The lowest BCUT2D eigenvalue weighted by Crippen LogP contribution is -2.16. The summed E-state index contributed by atoms with van der Waals surface area (Å²) < 4.78 is 12.8. The third-order valence-corrected chi connectivity index (χ3v) is 14.3. The van der Waals surface area contributed by atoms with Gasteiger partial charge in [-0.05, 0) is 152 Å². The lowest BCUT2D eigenvalue weighted by Gasteiger charge is -2.28. The minimum Gasteiger partial charge on any atom is -0.456 e. The van der Waals surface area contributed by atoms with Crippen LogP contribution in [0.25, 0.3) is 87.3 Å². The molecule has 11 aromatic carbocycles. The first-order valence-corrected chi connectivity index (χ1v) is 23.1. The van der Waals surface area contributed by atoms with Gasteiger partial charge in [0.15, 0.2) is 0 Å². The maximum Gasteiger partial charge on any atom is 0.137 e. The zero-order chi connectivity index (χ0) is 44.4. The van der Waals surface area contributed by atoms with Gasteiger partial charge in [-0.1, -0.05) is 135 Å². The van der Waals surface area contributed by atoms with Crippen molar-refractivity contribution in [2.75, 3.05) is 9.80 Å². The van der Waals surface area contributed by atoms with Crippen LogP contribution in [0.1, 0.15) is 25.0 Å².